The zero-order chi connectivity index (χ0) is 7.78. The molecule has 10 heavy (non-hydrogen) atoms. The van der Waals surface area contributed by atoms with Gasteiger partial charge in [-0.2, -0.15) is 0 Å². The number of hydrogen-bond acceptors (Lipinski definition) is 3. The Morgan fingerprint density at radius 3 is 2.30 bits per heavy atom. The first-order chi connectivity index (χ1) is 4.49. The third-order valence-electron chi connectivity index (χ3n) is 1.63. The highest BCUT2D eigenvalue weighted by Gasteiger charge is 2.27. The Bertz CT molecular complexity index is 212. The van der Waals surface area contributed by atoms with Gasteiger partial charge < -0.3 is 5.32 Å². The van der Waals surface area contributed by atoms with Crippen LogP contribution in [0, 0.1) is 0 Å². The van der Waals surface area contributed by atoms with Crippen molar-refractivity contribution in [3.05, 3.63) is 0 Å². The van der Waals surface area contributed by atoms with Gasteiger partial charge in [0.25, 0.3) is 0 Å². The molecule has 1 fully saturated rings. The van der Waals surface area contributed by atoms with Crippen LogP contribution in [0.4, 0.5) is 0 Å². The summed E-state index contributed by atoms with van der Waals surface area (Å²) in [5, 5.41) is 3.05. The third kappa shape index (κ3) is 1.93. The lowest BCUT2D eigenvalue weighted by Crippen LogP contribution is -2.63. The Hall–Kier alpha value is -0.130. The van der Waals surface area contributed by atoms with Gasteiger partial charge in [-0.15, -0.1) is 0 Å². The van der Waals surface area contributed by atoms with Gasteiger partial charge in [0.2, 0.25) is 10.0 Å². The monoisotopic (exact) mass is 164 g/mol. The largest absolute Gasteiger partial charge is 0.311 e. The quantitative estimate of drug-likeness (QED) is 0.544. The van der Waals surface area contributed by atoms with Gasteiger partial charge >= 0.3 is 0 Å². The van der Waals surface area contributed by atoms with E-state index in [4.69, 9.17) is 0 Å². The Kier molecular flexibility index (Phi) is 1.98. The van der Waals surface area contributed by atoms with E-state index in [1.54, 1.807) is 0 Å². The summed E-state index contributed by atoms with van der Waals surface area (Å²) in [4.78, 5) is 0. The van der Waals surface area contributed by atoms with E-state index in [2.05, 4.69) is 10.0 Å². The van der Waals surface area contributed by atoms with Gasteiger partial charge in [0.05, 0.1) is 6.26 Å². The highest BCUT2D eigenvalue weighted by molar-refractivity contribution is 7.88. The van der Waals surface area contributed by atoms with Crippen LogP contribution < -0.4 is 10.0 Å². The van der Waals surface area contributed by atoms with Crippen LogP contribution in [0.5, 0.6) is 0 Å². The van der Waals surface area contributed by atoms with Gasteiger partial charge in [-0.05, 0) is 6.92 Å². The number of hydrogen-bond donors (Lipinski definition) is 2. The van der Waals surface area contributed by atoms with Gasteiger partial charge in [-0.1, -0.05) is 0 Å². The van der Waals surface area contributed by atoms with Crippen LogP contribution in [-0.2, 0) is 10.0 Å². The molecule has 2 N–H and O–H groups in total. The lowest BCUT2D eigenvalue weighted by molar-refractivity contribution is 0.311. The van der Waals surface area contributed by atoms with Crippen molar-refractivity contribution in [1.29, 1.82) is 0 Å². The van der Waals surface area contributed by atoms with Crippen LogP contribution in [0.15, 0.2) is 0 Å². The molecule has 1 heterocycles. The molecule has 0 aromatic rings. The molecule has 1 aliphatic rings. The van der Waals surface area contributed by atoms with Gasteiger partial charge in [-0.3, -0.25) is 0 Å². The fourth-order valence-electron chi connectivity index (χ4n) is 0.890. The van der Waals surface area contributed by atoms with Crippen molar-refractivity contribution >= 4 is 10.0 Å². The van der Waals surface area contributed by atoms with Crippen molar-refractivity contribution in [1.82, 2.24) is 10.0 Å². The fourth-order valence-corrected chi connectivity index (χ4v) is 1.73. The van der Waals surface area contributed by atoms with Crippen molar-refractivity contribution in [2.45, 2.75) is 19.0 Å². The molecule has 0 aromatic heterocycles. The van der Waals surface area contributed by atoms with Gasteiger partial charge in [0.1, 0.15) is 0 Å². The standard InChI is InChI=1S/C5H12N2O2S/c1-4-5(3-6-4)7-10(2,8)9/h4-7H,3H2,1-2H3/t4-,5+/m1/s1. The first-order valence-corrected chi connectivity index (χ1v) is 5.09. The van der Waals surface area contributed by atoms with Gasteiger partial charge in [-0.25, -0.2) is 13.1 Å². The van der Waals surface area contributed by atoms with E-state index in [0.717, 1.165) is 6.54 Å². The molecule has 1 aliphatic heterocycles. The minimum Gasteiger partial charge on any atom is -0.311 e. The van der Waals surface area contributed by atoms with Crippen molar-refractivity contribution in [2.24, 2.45) is 0 Å². The first kappa shape index (κ1) is 7.97. The van der Waals surface area contributed by atoms with E-state index in [1.165, 1.54) is 6.26 Å². The minimum absolute atomic E-state index is 0.0926. The SMILES string of the molecule is C[C@H]1NC[C@@H]1NS(C)(=O)=O. The smallest absolute Gasteiger partial charge is 0.209 e. The van der Waals surface area contributed by atoms with Crippen molar-refractivity contribution in [3.63, 3.8) is 0 Å². The summed E-state index contributed by atoms with van der Waals surface area (Å²) in [6, 6.07) is 0.365. The fraction of sp³-hybridized carbons (Fsp3) is 1.00. The molecule has 1 rings (SSSR count). The highest BCUT2D eigenvalue weighted by Crippen LogP contribution is 2.02. The van der Waals surface area contributed by atoms with Crippen LogP contribution in [0.25, 0.3) is 0 Å². The average molecular weight is 164 g/mol. The summed E-state index contributed by atoms with van der Waals surface area (Å²) >= 11 is 0. The number of nitrogens with one attached hydrogen (secondary N) is 2. The zero-order valence-corrected chi connectivity index (χ0v) is 6.90. The second kappa shape index (κ2) is 2.48. The Balaban J connectivity index is 2.40. The molecule has 0 aromatic carbocycles. The lowest BCUT2D eigenvalue weighted by atomic mass is 10.0. The third-order valence-corrected chi connectivity index (χ3v) is 2.36. The van der Waals surface area contributed by atoms with Crippen molar-refractivity contribution < 1.29 is 8.42 Å². The second-order valence-electron chi connectivity index (χ2n) is 2.69. The van der Waals surface area contributed by atoms with Crippen LogP contribution in [-0.4, -0.2) is 33.3 Å². The van der Waals surface area contributed by atoms with Crippen LogP contribution >= 0.6 is 0 Å². The Labute approximate surface area is 61.1 Å². The van der Waals surface area contributed by atoms with E-state index in [-0.39, 0.29) is 12.1 Å². The Morgan fingerprint density at radius 2 is 2.20 bits per heavy atom. The first-order valence-electron chi connectivity index (χ1n) is 3.20. The summed E-state index contributed by atoms with van der Waals surface area (Å²) in [6.07, 6.45) is 1.18. The van der Waals surface area contributed by atoms with E-state index < -0.39 is 10.0 Å². The molecule has 4 nitrogen and oxygen atoms in total. The predicted molar refractivity (Wildman–Crippen MR) is 39.2 cm³/mol. The topological polar surface area (TPSA) is 58.2 Å². The number of sulfonamides is 1. The molecule has 0 amide bonds. The minimum atomic E-state index is -3.01. The molecule has 0 saturated carbocycles. The normalized spacial score (nSPS) is 33.4. The molecule has 60 valence electrons. The van der Waals surface area contributed by atoms with Crippen LogP contribution in [0.2, 0.25) is 0 Å². The summed E-state index contributed by atoms with van der Waals surface area (Å²) in [5.41, 5.74) is 0. The highest BCUT2D eigenvalue weighted by atomic mass is 32.2. The van der Waals surface area contributed by atoms with E-state index in [1.807, 2.05) is 6.92 Å². The molecule has 0 unspecified atom stereocenters. The maximum Gasteiger partial charge on any atom is 0.209 e. The lowest BCUT2D eigenvalue weighted by Gasteiger charge is -2.35. The van der Waals surface area contributed by atoms with Crippen molar-refractivity contribution in [2.75, 3.05) is 12.8 Å². The van der Waals surface area contributed by atoms with E-state index >= 15 is 0 Å². The number of rotatable bonds is 2. The average Bonchev–Trinajstić information content (AvgIpc) is 1.78. The van der Waals surface area contributed by atoms with Gasteiger partial charge in [0.15, 0.2) is 0 Å². The van der Waals surface area contributed by atoms with Crippen LogP contribution in [0.3, 0.4) is 0 Å². The van der Waals surface area contributed by atoms with Gasteiger partial charge in [0, 0.05) is 18.6 Å². The maximum absolute atomic E-state index is 10.6. The van der Waals surface area contributed by atoms with Crippen molar-refractivity contribution in [3.8, 4) is 0 Å². The summed E-state index contributed by atoms with van der Waals surface area (Å²) in [6.45, 7) is 2.70. The van der Waals surface area contributed by atoms with Crippen LogP contribution in [0.1, 0.15) is 6.92 Å². The molecular weight excluding hydrogens is 152 g/mol. The Morgan fingerprint density at radius 1 is 1.60 bits per heavy atom. The molecular formula is C5H12N2O2S. The predicted octanol–water partition coefficient (Wildman–Crippen LogP) is -1.10. The molecule has 0 spiro atoms. The second-order valence-corrected chi connectivity index (χ2v) is 4.47. The molecule has 1 saturated heterocycles. The molecule has 0 bridgehead atoms. The summed E-state index contributed by atoms with van der Waals surface area (Å²) in [7, 11) is -3.01. The molecule has 5 heteroatoms. The molecule has 0 radical (unpaired) electrons. The summed E-state index contributed by atoms with van der Waals surface area (Å²) in [5.74, 6) is 0. The zero-order valence-electron chi connectivity index (χ0n) is 6.09. The molecule has 0 aliphatic carbocycles. The molecule has 2 atom stereocenters. The van der Waals surface area contributed by atoms with E-state index in [0.29, 0.717) is 0 Å². The maximum atomic E-state index is 10.6. The summed E-state index contributed by atoms with van der Waals surface area (Å²) < 4.78 is 23.8. The van der Waals surface area contributed by atoms with E-state index in [9.17, 15) is 8.42 Å².